The zero-order chi connectivity index (χ0) is 13.0. The SMILES string of the molecule is CCCN(CC(=O)N1CCNC1=O)C1CCNC1. The summed E-state index contributed by atoms with van der Waals surface area (Å²) in [6.07, 6.45) is 2.11. The molecule has 2 N–H and O–H groups in total. The first kappa shape index (κ1) is 13.3. The molecule has 6 heteroatoms. The number of urea groups is 1. The van der Waals surface area contributed by atoms with Crippen LogP contribution in [-0.4, -0.2) is 67.0 Å². The van der Waals surface area contributed by atoms with Crippen LogP contribution in [0.2, 0.25) is 0 Å². The number of imide groups is 1. The quantitative estimate of drug-likeness (QED) is 0.701. The summed E-state index contributed by atoms with van der Waals surface area (Å²) in [6, 6.07) is 0.181. The first-order valence-electron chi connectivity index (χ1n) is 6.75. The summed E-state index contributed by atoms with van der Waals surface area (Å²) in [5, 5.41) is 5.98. The first-order valence-corrected chi connectivity index (χ1v) is 6.75. The fourth-order valence-electron chi connectivity index (χ4n) is 2.60. The second-order valence-electron chi connectivity index (χ2n) is 4.89. The van der Waals surface area contributed by atoms with E-state index in [9.17, 15) is 9.59 Å². The van der Waals surface area contributed by atoms with Crippen LogP contribution in [0.15, 0.2) is 0 Å². The second-order valence-corrected chi connectivity index (χ2v) is 4.89. The molecule has 0 aromatic rings. The van der Waals surface area contributed by atoms with Crippen LogP contribution < -0.4 is 10.6 Å². The molecule has 0 bridgehead atoms. The highest BCUT2D eigenvalue weighted by Crippen LogP contribution is 2.10. The molecule has 2 rings (SSSR count). The van der Waals surface area contributed by atoms with E-state index in [0.717, 1.165) is 32.5 Å². The summed E-state index contributed by atoms with van der Waals surface area (Å²) in [5.41, 5.74) is 0. The Kier molecular flexibility index (Phi) is 4.54. The highest BCUT2D eigenvalue weighted by Gasteiger charge is 2.30. The van der Waals surface area contributed by atoms with Gasteiger partial charge < -0.3 is 10.6 Å². The van der Waals surface area contributed by atoms with E-state index < -0.39 is 0 Å². The number of hydrogen-bond donors (Lipinski definition) is 2. The third kappa shape index (κ3) is 3.00. The highest BCUT2D eigenvalue weighted by molar-refractivity contribution is 5.96. The van der Waals surface area contributed by atoms with Gasteiger partial charge in [-0.2, -0.15) is 0 Å². The lowest BCUT2D eigenvalue weighted by molar-refractivity contribution is -0.129. The van der Waals surface area contributed by atoms with Crippen LogP contribution >= 0.6 is 0 Å². The Bertz CT molecular complexity index is 315. The van der Waals surface area contributed by atoms with Crippen molar-refractivity contribution in [3.8, 4) is 0 Å². The van der Waals surface area contributed by atoms with Crippen LogP contribution in [0.4, 0.5) is 4.79 Å². The average molecular weight is 254 g/mol. The number of nitrogens with one attached hydrogen (secondary N) is 2. The molecule has 2 aliphatic heterocycles. The molecule has 0 aromatic carbocycles. The van der Waals surface area contributed by atoms with E-state index in [1.165, 1.54) is 4.90 Å². The molecule has 2 fully saturated rings. The van der Waals surface area contributed by atoms with Gasteiger partial charge in [0.1, 0.15) is 0 Å². The van der Waals surface area contributed by atoms with Crippen LogP contribution in [0.3, 0.4) is 0 Å². The predicted octanol–water partition coefficient (Wildman–Crippen LogP) is -0.388. The van der Waals surface area contributed by atoms with E-state index in [2.05, 4.69) is 22.5 Å². The van der Waals surface area contributed by atoms with Crippen LogP contribution in [0.25, 0.3) is 0 Å². The number of carbonyl (C=O) groups excluding carboxylic acids is 2. The number of rotatable bonds is 5. The molecule has 0 aliphatic carbocycles. The molecular formula is C12H22N4O2. The summed E-state index contributed by atoms with van der Waals surface area (Å²) in [5.74, 6) is -0.0784. The molecule has 2 heterocycles. The van der Waals surface area contributed by atoms with E-state index >= 15 is 0 Å². The number of nitrogens with zero attached hydrogens (tertiary/aromatic N) is 2. The van der Waals surface area contributed by atoms with Gasteiger partial charge in [-0.25, -0.2) is 4.79 Å². The van der Waals surface area contributed by atoms with Gasteiger partial charge in [-0.1, -0.05) is 6.92 Å². The Labute approximate surface area is 108 Å². The topological polar surface area (TPSA) is 64.7 Å². The number of carbonyl (C=O) groups is 2. The zero-order valence-electron chi connectivity index (χ0n) is 10.9. The van der Waals surface area contributed by atoms with Crippen molar-refractivity contribution in [1.29, 1.82) is 0 Å². The molecule has 2 aliphatic rings. The summed E-state index contributed by atoms with van der Waals surface area (Å²) in [4.78, 5) is 27.1. The average Bonchev–Trinajstić information content (AvgIpc) is 2.98. The minimum absolute atomic E-state index is 0.0784. The molecular weight excluding hydrogens is 232 g/mol. The van der Waals surface area contributed by atoms with Crippen molar-refractivity contribution in [1.82, 2.24) is 20.4 Å². The standard InChI is InChI=1S/C12H22N4O2/c1-2-6-15(10-3-4-13-8-10)9-11(17)16-7-5-14-12(16)18/h10,13H,2-9H2,1H3,(H,14,18). The Morgan fingerprint density at radius 1 is 1.50 bits per heavy atom. The zero-order valence-corrected chi connectivity index (χ0v) is 10.9. The van der Waals surface area contributed by atoms with Gasteiger partial charge in [0.15, 0.2) is 0 Å². The van der Waals surface area contributed by atoms with E-state index in [1.54, 1.807) is 0 Å². The lowest BCUT2D eigenvalue weighted by Crippen LogP contribution is -2.46. The predicted molar refractivity (Wildman–Crippen MR) is 68.3 cm³/mol. The monoisotopic (exact) mass is 254 g/mol. The molecule has 0 radical (unpaired) electrons. The lowest BCUT2D eigenvalue weighted by Gasteiger charge is -2.28. The van der Waals surface area contributed by atoms with E-state index in [-0.39, 0.29) is 11.9 Å². The Morgan fingerprint density at radius 2 is 2.33 bits per heavy atom. The van der Waals surface area contributed by atoms with Crippen molar-refractivity contribution < 1.29 is 9.59 Å². The van der Waals surface area contributed by atoms with Crippen LogP contribution in [0, 0.1) is 0 Å². The van der Waals surface area contributed by atoms with Gasteiger partial charge in [-0.3, -0.25) is 14.6 Å². The maximum atomic E-state index is 12.1. The van der Waals surface area contributed by atoms with Crippen molar-refractivity contribution in [3.05, 3.63) is 0 Å². The third-order valence-electron chi connectivity index (χ3n) is 3.56. The fraction of sp³-hybridized carbons (Fsp3) is 0.833. The van der Waals surface area contributed by atoms with Gasteiger partial charge in [-0.15, -0.1) is 0 Å². The molecule has 0 spiro atoms. The normalized spacial score (nSPS) is 23.8. The molecule has 3 amide bonds. The minimum atomic E-state index is -0.249. The maximum Gasteiger partial charge on any atom is 0.324 e. The minimum Gasteiger partial charge on any atom is -0.336 e. The Balaban J connectivity index is 1.91. The van der Waals surface area contributed by atoms with Crippen LogP contribution in [0.1, 0.15) is 19.8 Å². The fourth-order valence-corrected chi connectivity index (χ4v) is 2.60. The lowest BCUT2D eigenvalue weighted by atomic mass is 10.2. The maximum absolute atomic E-state index is 12.1. The second kappa shape index (κ2) is 6.15. The van der Waals surface area contributed by atoms with Crippen molar-refractivity contribution >= 4 is 11.9 Å². The van der Waals surface area contributed by atoms with Crippen molar-refractivity contribution in [2.75, 3.05) is 39.3 Å². The smallest absolute Gasteiger partial charge is 0.324 e. The molecule has 18 heavy (non-hydrogen) atoms. The van der Waals surface area contributed by atoms with Crippen molar-refractivity contribution in [3.63, 3.8) is 0 Å². The van der Waals surface area contributed by atoms with Crippen LogP contribution in [-0.2, 0) is 4.79 Å². The van der Waals surface area contributed by atoms with E-state index in [4.69, 9.17) is 0 Å². The molecule has 6 nitrogen and oxygen atoms in total. The molecule has 1 unspecified atom stereocenters. The first-order chi connectivity index (χ1) is 8.72. The third-order valence-corrected chi connectivity index (χ3v) is 3.56. The van der Waals surface area contributed by atoms with Gasteiger partial charge >= 0.3 is 6.03 Å². The van der Waals surface area contributed by atoms with E-state index in [0.29, 0.717) is 25.7 Å². The summed E-state index contributed by atoms with van der Waals surface area (Å²) < 4.78 is 0. The van der Waals surface area contributed by atoms with Crippen LogP contribution in [0.5, 0.6) is 0 Å². The summed E-state index contributed by atoms with van der Waals surface area (Å²) in [7, 11) is 0. The van der Waals surface area contributed by atoms with Crippen molar-refractivity contribution in [2.45, 2.75) is 25.8 Å². The van der Waals surface area contributed by atoms with Gasteiger partial charge in [0.05, 0.1) is 6.54 Å². The molecule has 102 valence electrons. The largest absolute Gasteiger partial charge is 0.336 e. The van der Waals surface area contributed by atoms with Crippen molar-refractivity contribution in [2.24, 2.45) is 0 Å². The number of amides is 3. The van der Waals surface area contributed by atoms with Gasteiger partial charge in [-0.05, 0) is 25.9 Å². The molecule has 1 atom stereocenters. The Morgan fingerprint density at radius 3 is 2.89 bits per heavy atom. The molecule has 0 saturated carbocycles. The highest BCUT2D eigenvalue weighted by atomic mass is 16.2. The molecule has 0 aromatic heterocycles. The summed E-state index contributed by atoms with van der Waals surface area (Å²) in [6.45, 7) is 6.41. The summed E-state index contributed by atoms with van der Waals surface area (Å²) >= 11 is 0. The van der Waals surface area contributed by atoms with Gasteiger partial charge in [0, 0.05) is 25.7 Å². The van der Waals surface area contributed by atoms with Gasteiger partial charge in [0.25, 0.3) is 0 Å². The molecule has 2 saturated heterocycles. The van der Waals surface area contributed by atoms with Gasteiger partial charge in [0.2, 0.25) is 5.91 Å². The number of hydrogen-bond acceptors (Lipinski definition) is 4. The van der Waals surface area contributed by atoms with E-state index in [1.807, 2.05) is 0 Å². The Hall–Kier alpha value is -1.14.